The van der Waals surface area contributed by atoms with Gasteiger partial charge in [0.1, 0.15) is 6.07 Å². The quantitative estimate of drug-likeness (QED) is 0.898. The minimum atomic E-state index is 0.437. The summed E-state index contributed by atoms with van der Waals surface area (Å²) in [5.74, 6) is 0.658. The van der Waals surface area contributed by atoms with Crippen molar-refractivity contribution in [2.75, 3.05) is 25.0 Å². The summed E-state index contributed by atoms with van der Waals surface area (Å²) >= 11 is 1.92. The third-order valence-electron chi connectivity index (χ3n) is 5.20. The van der Waals surface area contributed by atoms with Crippen LogP contribution in [0.4, 0.5) is 5.69 Å². The van der Waals surface area contributed by atoms with Gasteiger partial charge in [-0.15, -0.1) is 11.8 Å². The number of likely N-dealkylation sites (tertiary alicyclic amines) is 1. The zero-order valence-corrected chi connectivity index (χ0v) is 14.9. The average molecular weight is 338 g/mol. The second-order valence-corrected chi connectivity index (χ2v) is 7.88. The van der Waals surface area contributed by atoms with E-state index in [1.807, 2.05) is 18.0 Å². The maximum atomic E-state index is 9.38. The van der Waals surface area contributed by atoms with Crippen LogP contribution in [0.1, 0.15) is 24.0 Å². The summed E-state index contributed by atoms with van der Waals surface area (Å²) in [7, 11) is 2.22. The maximum Gasteiger partial charge on any atom is 0.101 e. The number of thioether (sulfide) groups is 1. The molecule has 124 valence electrons. The number of fused-ring (bicyclic) bond motifs is 1. The number of H-pyrrole nitrogens is 1. The van der Waals surface area contributed by atoms with Gasteiger partial charge in [0.15, 0.2) is 0 Å². The van der Waals surface area contributed by atoms with Gasteiger partial charge < -0.3 is 14.8 Å². The van der Waals surface area contributed by atoms with Crippen LogP contribution in [0.15, 0.2) is 29.9 Å². The van der Waals surface area contributed by atoms with E-state index in [2.05, 4.69) is 58.6 Å². The lowest BCUT2D eigenvalue weighted by Crippen LogP contribution is -2.42. The lowest BCUT2D eigenvalue weighted by molar-refractivity contribution is 0.208. The number of piperidine rings is 1. The number of aromatic amines is 1. The minimum absolute atomic E-state index is 0.437. The molecule has 3 heterocycles. The maximum absolute atomic E-state index is 9.38. The Morgan fingerprint density at radius 3 is 3.04 bits per heavy atom. The third-order valence-corrected chi connectivity index (χ3v) is 6.37. The van der Waals surface area contributed by atoms with Crippen molar-refractivity contribution >= 4 is 28.4 Å². The van der Waals surface area contributed by atoms with Crippen molar-refractivity contribution in [2.24, 2.45) is 5.92 Å². The van der Waals surface area contributed by atoms with Crippen molar-refractivity contribution in [2.45, 2.75) is 25.1 Å². The first-order valence-corrected chi connectivity index (χ1v) is 9.43. The molecule has 0 amide bonds. The molecule has 4 nitrogen and oxygen atoms in total. The van der Waals surface area contributed by atoms with Gasteiger partial charge in [-0.2, -0.15) is 5.26 Å². The molecule has 24 heavy (non-hydrogen) atoms. The zero-order valence-electron chi connectivity index (χ0n) is 14.1. The second-order valence-electron chi connectivity index (χ2n) is 6.85. The SMILES string of the molecule is Cc1ccc(N2C=CSC2C2CCCN(C)C2)c2[nH]cc(C#N)c12. The summed E-state index contributed by atoms with van der Waals surface area (Å²) in [4.78, 5) is 8.18. The fourth-order valence-corrected chi connectivity index (χ4v) is 5.16. The molecule has 1 N–H and O–H groups in total. The lowest BCUT2D eigenvalue weighted by Gasteiger charge is -2.37. The summed E-state index contributed by atoms with van der Waals surface area (Å²) < 4.78 is 0. The molecule has 0 aliphatic carbocycles. The van der Waals surface area contributed by atoms with Crippen LogP contribution in [-0.2, 0) is 0 Å². The van der Waals surface area contributed by atoms with Crippen molar-refractivity contribution in [1.29, 1.82) is 5.26 Å². The molecule has 2 aromatic rings. The summed E-state index contributed by atoms with van der Waals surface area (Å²) in [5.41, 5.74) is 4.13. The number of aryl methyl sites for hydroxylation is 1. The van der Waals surface area contributed by atoms with Crippen LogP contribution in [-0.4, -0.2) is 35.4 Å². The fourth-order valence-electron chi connectivity index (χ4n) is 4.04. The summed E-state index contributed by atoms with van der Waals surface area (Å²) in [5, 5.41) is 13.1. The molecular weight excluding hydrogens is 316 g/mol. The van der Waals surface area contributed by atoms with Gasteiger partial charge >= 0.3 is 0 Å². The summed E-state index contributed by atoms with van der Waals surface area (Å²) in [6.45, 7) is 4.43. The van der Waals surface area contributed by atoms with E-state index in [0.29, 0.717) is 11.3 Å². The van der Waals surface area contributed by atoms with Crippen LogP contribution in [0.5, 0.6) is 0 Å². The number of nitrogens with zero attached hydrogens (tertiary/aromatic N) is 3. The van der Waals surface area contributed by atoms with E-state index in [1.54, 1.807) is 0 Å². The molecule has 4 rings (SSSR count). The Morgan fingerprint density at radius 2 is 2.25 bits per heavy atom. The first kappa shape index (κ1) is 15.6. The van der Waals surface area contributed by atoms with Crippen LogP contribution >= 0.6 is 11.8 Å². The first-order valence-electron chi connectivity index (χ1n) is 8.49. The highest BCUT2D eigenvalue weighted by Crippen LogP contribution is 2.41. The van der Waals surface area contributed by atoms with Gasteiger partial charge in [0.25, 0.3) is 0 Å². The summed E-state index contributed by atoms with van der Waals surface area (Å²) in [6.07, 6.45) is 6.58. The average Bonchev–Trinajstić information content (AvgIpc) is 3.22. The fraction of sp³-hybridized carbons (Fsp3) is 0.421. The molecule has 1 saturated heterocycles. The molecule has 2 atom stereocenters. The number of benzene rings is 1. The van der Waals surface area contributed by atoms with E-state index in [1.165, 1.54) is 25.1 Å². The second kappa shape index (κ2) is 6.19. The van der Waals surface area contributed by atoms with Crippen LogP contribution in [0.2, 0.25) is 0 Å². The van der Waals surface area contributed by atoms with Gasteiger partial charge in [-0.25, -0.2) is 0 Å². The molecule has 2 unspecified atom stereocenters. The topological polar surface area (TPSA) is 46.1 Å². The van der Waals surface area contributed by atoms with Gasteiger partial charge in [0.2, 0.25) is 0 Å². The van der Waals surface area contributed by atoms with Gasteiger partial charge in [-0.3, -0.25) is 0 Å². The van der Waals surface area contributed by atoms with Crippen LogP contribution in [0.25, 0.3) is 10.9 Å². The van der Waals surface area contributed by atoms with Crippen molar-refractivity contribution < 1.29 is 0 Å². The Bertz CT molecular complexity index is 832. The molecule has 1 aromatic heterocycles. The van der Waals surface area contributed by atoms with Crippen LogP contribution in [0.3, 0.4) is 0 Å². The molecule has 0 bridgehead atoms. The number of anilines is 1. The van der Waals surface area contributed by atoms with Crippen molar-refractivity contribution in [3.63, 3.8) is 0 Å². The predicted molar refractivity (Wildman–Crippen MR) is 101 cm³/mol. The highest BCUT2D eigenvalue weighted by molar-refractivity contribution is 8.03. The van der Waals surface area contributed by atoms with Crippen LogP contribution < -0.4 is 4.90 Å². The van der Waals surface area contributed by atoms with Gasteiger partial charge in [-0.1, -0.05) is 6.07 Å². The number of nitriles is 1. The van der Waals surface area contributed by atoms with Crippen molar-refractivity contribution in [3.05, 3.63) is 41.1 Å². The molecule has 2 aliphatic heterocycles. The molecule has 0 radical (unpaired) electrons. The molecular formula is C19H22N4S. The molecule has 2 aliphatic rings. The number of hydrogen-bond donors (Lipinski definition) is 1. The Labute approximate surface area is 147 Å². The Hall–Kier alpha value is -1.90. The number of rotatable bonds is 2. The number of hydrogen-bond acceptors (Lipinski definition) is 4. The molecule has 0 saturated carbocycles. The lowest BCUT2D eigenvalue weighted by atomic mass is 9.97. The number of nitrogens with one attached hydrogen (secondary N) is 1. The van der Waals surface area contributed by atoms with E-state index < -0.39 is 0 Å². The van der Waals surface area contributed by atoms with Gasteiger partial charge in [0, 0.05) is 30.2 Å². The normalized spacial score (nSPS) is 24.6. The Kier molecular flexibility index (Phi) is 4.03. The molecule has 0 spiro atoms. The number of aromatic nitrogens is 1. The van der Waals surface area contributed by atoms with E-state index in [-0.39, 0.29) is 0 Å². The first-order chi connectivity index (χ1) is 11.7. The standard InChI is InChI=1S/C19H22N4S/c1-13-5-6-16(18-17(13)15(10-20)11-21-18)23-8-9-24-19(23)14-4-3-7-22(2)12-14/h5-6,8-9,11,14,19,21H,3-4,7,12H2,1-2H3. The Balaban J connectivity index is 1.74. The summed E-state index contributed by atoms with van der Waals surface area (Å²) in [6, 6.07) is 6.63. The largest absolute Gasteiger partial charge is 0.358 e. The van der Waals surface area contributed by atoms with Gasteiger partial charge in [0.05, 0.1) is 22.1 Å². The molecule has 1 fully saturated rings. The highest BCUT2D eigenvalue weighted by Gasteiger charge is 2.33. The molecule has 5 heteroatoms. The van der Waals surface area contributed by atoms with Crippen LogP contribution in [0, 0.1) is 24.2 Å². The Morgan fingerprint density at radius 1 is 1.38 bits per heavy atom. The van der Waals surface area contributed by atoms with Gasteiger partial charge in [-0.05, 0) is 50.4 Å². The van der Waals surface area contributed by atoms with Crippen molar-refractivity contribution in [3.8, 4) is 6.07 Å². The predicted octanol–water partition coefficient (Wildman–Crippen LogP) is 4.04. The van der Waals surface area contributed by atoms with E-state index in [0.717, 1.165) is 28.6 Å². The van der Waals surface area contributed by atoms with E-state index >= 15 is 0 Å². The molecule has 1 aromatic carbocycles. The van der Waals surface area contributed by atoms with E-state index in [9.17, 15) is 5.26 Å². The van der Waals surface area contributed by atoms with E-state index in [4.69, 9.17) is 0 Å². The highest BCUT2D eigenvalue weighted by atomic mass is 32.2. The third kappa shape index (κ3) is 2.51. The monoisotopic (exact) mass is 338 g/mol. The smallest absolute Gasteiger partial charge is 0.101 e. The minimum Gasteiger partial charge on any atom is -0.358 e. The zero-order chi connectivity index (χ0) is 16.7. The van der Waals surface area contributed by atoms with Crippen molar-refractivity contribution in [1.82, 2.24) is 9.88 Å².